The molecule has 1 fully saturated rings. The Bertz CT molecular complexity index is 552. The van der Waals surface area contributed by atoms with Crippen LogP contribution in [0.5, 0.6) is 0 Å². The smallest absolute Gasteiger partial charge is 0.198 e. The molecule has 3 rings (SSSR count). The van der Waals surface area contributed by atoms with E-state index >= 15 is 0 Å². The zero-order chi connectivity index (χ0) is 13.8. The van der Waals surface area contributed by atoms with Crippen LogP contribution >= 0.6 is 11.6 Å². The third kappa shape index (κ3) is 2.01. The van der Waals surface area contributed by atoms with E-state index in [1.54, 1.807) is 0 Å². The van der Waals surface area contributed by atoms with E-state index in [9.17, 15) is 5.11 Å². The molecule has 2 aliphatic heterocycles. The van der Waals surface area contributed by atoms with E-state index < -0.39 is 0 Å². The maximum Gasteiger partial charge on any atom is 0.198 e. The van der Waals surface area contributed by atoms with Crippen molar-refractivity contribution in [1.29, 1.82) is 0 Å². The van der Waals surface area contributed by atoms with E-state index in [1.165, 1.54) is 0 Å². The minimum Gasteiger partial charge on any atom is -0.391 e. The second-order valence-corrected chi connectivity index (χ2v) is 6.53. The van der Waals surface area contributed by atoms with Gasteiger partial charge in [0.2, 0.25) is 0 Å². The molecule has 5 nitrogen and oxygen atoms in total. The average molecular weight is 281 g/mol. The Morgan fingerprint density at radius 3 is 2.79 bits per heavy atom. The first-order valence-electron chi connectivity index (χ1n) is 6.43. The van der Waals surface area contributed by atoms with Crippen LogP contribution in [0, 0.1) is 0 Å². The Kier molecular flexibility index (Phi) is 2.80. The molecule has 2 atom stereocenters. The number of hydrogen-bond acceptors (Lipinski definition) is 5. The zero-order valence-corrected chi connectivity index (χ0v) is 12.0. The largest absolute Gasteiger partial charge is 0.391 e. The molecule has 2 aliphatic rings. The highest BCUT2D eigenvalue weighted by molar-refractivity contribution is 6.30. The Labute approximate surface area is 117 Å². The van der Waals surface area contributed by atoms with Crippen molar-refractivity contribution in [2.75, 3.05) is 11.4 Å². The summed E-state index contributed by atoms with van der Waals surface area (Å²) >= 11 is 6.26. The van der Waals surface area contributed by atoms with Crippen LogP contribution in [0.1, 0.15) is 32.8 Å². The van der Waals surface area contributed by atoms with Crippen LogP contribution in [0.25, 0.3) is 0 Å². The zero-order valence-electron chi connectivity index (χ0n) is 11.3. The highest BCUT2D eigenvalue weighted by Gasteiger charge is 2.38. The molecule has 0 bridgehead atoms. The lowest BCUT2D eigenvalue weighted by atomic mass is 9.86. The summed E-state index contributed by atoms with van der Waals surface area (Å²) in [7, 11) is 0. The second kappa shape index (κ2) is 4.15. The van der Waals surface area contributed by atoms with Crippen molar-refractivity contribution in [3.63, 3.8) is 0 Å². The highest BCUT2D eigenvalue weighted by Crippen LogP contribution is 2.44. The number of halogens is 1. The van der Waals surface area contributed by atoms with E-state index in [1.807, 2.05) is 6.21 Å². The Morgan fingerprint density at radius 2 is 2.11 bits per heavy atom. The SMILES string of the molecule is CC(C)(C)c1c(Cl)nnc2c1N1C[C@@H](O)C[C@@H]1C=N2. The van der Waals surface area contributed by atoms with Crippen molar-refractivity contribution < 1.29 is 5.11 Å². The Balaban J connectivity index is 2.21. The molecule has 0 spiro atoms. The van der Waals surface area contributed by atoms with Gasteiger partial charge in [-0.1, -0.05) is 32.4 Å². The molecule has 1 saturated heterocycles. The summed E-state index contributed by atoms with van der Waals surface area (Å²) in [5, 5.41) is 18.4. The minimum absolute atomic E-state index is 0.129. The van der Waals surface area contributed by atoms with Gasteiger partial charge < -0.3 is 10.0 Å². The lowest BCUT2D eigenvalue weighted by molar-refractivity contribution is 0.197. The molecule has 0 aromatic carbocycles. The molecule has 6 heteroatoms. The first-order chi connectivity index (χ1) is 8.88. The molecule has 0 saturated carbocycles. The summed E-state index contributed by atoms with van der Waals surface area (Å²) in [6.45, 7) is 6.87. The summed E-state index contributed by atoms with van der Waals surface area (Å²) in [4.78, 5) is 6.52. The standard InChI is InChI=1S/C13H17ClN4O/c1-13(2,3)9-10-12(17-16-11(9)14)15-5-7-4-8(19)6-18(7)10/h5,7-8,19H,4,6H2,1-3H3/t7-,8+/m1/s1. The maximum absolute atomic E-state index is 9.88. The quantitative estimate of drug-likeness (QED) is 0.790. The lowest BCUT2D eigenvalue weighted by Gasteiger charge is -2.33. The summed E-state index contributed by atoms with van der Waals surface area (Å²) in [6.07, 6.45) is 2.21. The molecular formula is C13H17ClN4O. The van der Waals surface area contributed by atoms with Crippen molar-refractivity contribution in [3.8, 4) is 0 Å². The van der Waals surface area contributed by atoms with Crippen LogP contribution < -0.4 is 4.90 Å². The van der Waals surface area contributed by atoms with Gasteiger partial charge in [-0.25, -0.2) is 4.99 Å². The van der Waals surface area contributed by atoms with Gasteiger partial charge in [-0.2, -0.15) is 0 Å². The van der Waals surface area contributed by atoms with Crippen molar-refractivity contribution in [2.24, 2.45) is 4.99 Å². The van der Waals surface area contributed by atoms with E-state index in [4.69, 9.17) is 11.6 Å². The molecule has 102 valence electrons. The molecule has 0 aliphatic carbocycles. The van der Waals surface area contributed by atoms with Gasteiger partial charge >= 0.3 is 0 Å². The van der Waals surface area contributed by atoms with Crippen LogP contribution in [-0.2, 0) is 5.41 Å². The monoisotopic (exact) mass is 280 g/mol. The fourth-order valence-electron chi connectivity index (χ4n) is 2.82. The van der Waals surface area contributed by atoms with Gasteiger partial charge in [0.1, 0.15) is 0 Å². The van der Waals surface area contributed by atoms with Crippen molar-refractivity contribution >= 4 is 29.3 Å². The summed E-state index contributed by atoms with van der Waals surface area (Å²) < 4.78 is 0. The van der Waals surface area contributed by atoms with E-state index in [0.717, 1.165) is 11.3 Å². The van der Waals surface area contributed by atoms with E-state index in [0.29, 0.717) is 23.9 Å². The number of fused-ring (bicyclic) bond motifs is 3. The van der Waals surface area contributed by atoms with Crippen LogP contribution in [-0.4, -0.2) is 40.2 Å². The molecule has 1 N–H and O–H groups in total. The van der Waals surface area contributed by atoms with Gasteiger partial charge in [-0.3, -0.25) is 0 Å². The van der Waals surface area contributed by atoms with Crippen LogP contribution in [0.4, 0.5) is 11.5 Å². The van der Waals surface area contributed by atoms with Crippen LogP contribution in [0.2, 0.25) is 5.15 Å². The number of nitrogens with zero attached hydrogens (tertiary/aromatic N) is 4. The molecule has 1 aromatic rings. The number of rotatable bonds is 0. The predicted octanol–water partition coefficient (Wildman–Crippen LogP) is 2.08. The molecule has 3 heterocycles. The second-order valence-electron chi connectivity index (χ2n) is 6.18. The number of aliphatic imine (C=N–C) groups is 1. The average Bonchev–Trinajstić information content (AvgIpc) is 2.67. The van der Waals surface area contributed by atoms with Gasteiger partial charge in [0.05, 0.1) is 17.8 Å². The number of aliphatic hydroxyl groups is 1. The number of aromatic nitrogens is 2. The highest BCUT2D eigenvalue weighted by atomic mass is 35.5. The minimum atomic E-state index is -0.331. The summed E-state index contributed by atoms with van der Waals surface area (Å²) in [5.74, 6) is 0.597. The van der Waals surface area contributed by atoms with Gasteiger partial charge in [-0.15, -0.1) is 10.2 Å². The first-order valence-corrected chi connectivity index (χ1v) is 6.81. The Morgan fingerprint density at radius 1 is 1.37 bits per heavy atom. The summed E-state index contributed by atoms with van der Waals surface area (Å²) in [5.41, 5.74) is 1.73. The molecule has 19 heavy (non-hydrogen) atoms. The van der Waals surface area contributed by atoms with Gasteiger partial charge in [0.25, 0.3) is 0 Å². The Hall–Kier alpha value is -1.20. The number of anilines is 1. The van der Waals surface area contributed by atoms with Crippen LogP contribution in [0.3, 0.4) is 0 Å². The fraction of sp³-hybridized carbons (Fsp3) is 0.615. The van der Waals surface area contributed by atoms with Crippen LogP contribution in [0.15, 0.2) is 4.99 Å². The number of aliphatic hydroxyl groups excluding tert-OH is 1. The first kappa shape index (κ1) is 12.8. The lowest BCUT2D eigenvalue weighted by Crippen LogP contribution is -2.35. The third-order valence-corrected chi connectivity index (χ3v) is 3.88. The van der Waals surface area contributed by atoms with Crippen molar-refractivity contribution in [2.45, 2.75) is 44.8 Å². The molecular weight excluding hydrogens is 264 g/mol. The molecule has 0 amide bonds. The normalized spacial score (nSPS) is 25.4. The third-order valence-electron chi connectivity index (χ3n) is 3.61. The van der Waals surface area contributed by atoms with Gasteiger partial charge in [0.15, 0.2) is 11.0 Å². The van der Waals surface area contributed by atoms with E-state index in [2.05, 4.69) is 40.9 Å². The van der Waals surface area contributed by atoms with Crippen molar-refractivity contribution in [3.05, 3.63) is 10.7 Å². The predicted molar refractivity (Wildman–Crippen MR) is 75.7 cm³/mol. The topological polar surface area (TPSA) is 61.6 Å². The fourth-order valence-corrected chi connectivity index (χ4v) is 3.23. The summed E-state index contributed by atoms with van der Waals surface area (Å²) in [6, 6.07) is 0.129. The van der Waals surface area contributed by atoms with E-state index in [-0.39, 0.29) is 17.6 Å². The van der Waals surface area contributed by atoms with Gasteiger partial charge in [0, 0.05) is 24.7 Å². The van der Waals surface area contributed by atoms with Gasteiger partial charge in [-0.05, 0) is 5.41 Å². The molecule has 1 aromatic heterocycles. The van der Waals surface area contributed by atoms with Crippen molar-refractivity contribution in [1.82, 2.24) is 10.2 Å². The number of hydrogen-bond donors (Lipinski definition) is 1. The maximum atomic E-state index is 9.88. The molecule has 0 unspecified atom stereocenters. The molecule has 0 radical (unpaired) electrons.